The van der Waals surface area contributed by atoms with Crippen molar-refractivity contribution >= 4 is 0 Å². The van der Waals surface area contributed by atoms with E-state index in [4.69, 9.17) is 5.11 Å². The van der Waals surface area contributed by atoms with E-state index in [1.165, 1.54) is 0 Å². The van der Waals surface area contributed by atoms with Gasteiger partial charge in [-0.1, -0.05) is 6.92 Å². The van der Waals surface area contributed by atoms with Gasteiger partial charge in [-0.05, 0) is 27.6 Å². The minimum absolute atomic E-state index is 0.208. The summed E-state index contributed by atoms with van der Waals surface area (Å²) in [7, 11) is 6.00. The molecule has 0 fully saturated rings. The van der Waals surface area contributed by atoms with E-state index >= 15 is 0 Å². The van der Waals surface area contributed by atoms with Crippen LogP contribution in [0.2, 0.25) is 0 Å². The van der Waals surface area contributed by atoms with Crippen LogP contribution < -0.4 is 0 Å². The summed E-state index contributed by atoms with van der Waals surface area (Å²) in [5.41, 5.74) is 0. The molecule has 0 aromatic carbocycles. The molecular weight excluding hydrogens is 102 g/mol. The van der Waals surface area contributed by atoms with E-state index in [9.17, 15) is 0 Å². The Kier molecular flexibility index (Phi) is 13.6. The number of aliphatic hydroxyl groups is 1. The lowest BCUT2D eigenvalue weighted by molar-refractivity contribution is 0.302. The van der Waals surface area contributed by atoms with Crippen LogP contribution in [0.1, 0.15) is 6.42 Å². The molecule has 2 heteroatoms. The van der Waals surface area contributed by atoms with Crippen LogP contribution in [0.3, 0.4) is 0 Å². The van der Waals surface area contributed by atoms with E-state index < -0.39 is 0 Å². The largest absolute Gasteiger partial charge is 0.396 e. The molecule has 0 saturated heterocycles. The molecular formula is C6H16NO. The monoisotopic (exact) mass is 118 g/mol. The second-order valence-electron chi connectivity index (χ2n) is 1.92. The highest BCUT2D eigenvalue weighted by Gasteiger charge is 1.58. The molecule has 0 unspecified atom stereocenters. The lowest BCUT2D eigenvalue weighted by Crippen LogP contribution is -1.99. The predicted molar refractivity (Wildman–Crippen MR) is 36.7 cm³/mol. The number of nitrogens with zero attached hydrogens (tertiary/aromatic N) is 1. The summed E-state index contributed by atoms with van der Waals surface area (Å²) in [6.45, 7) is 3.56. The third-order valence-corrected chi connectivity index (χ3v) is 0.158. The lowest BCUT2D eigenvalue weighted by atomic mass is 10.5. The van der Waals surface area contributed by atoms with Crippen molar-refractivity contribution in [3.8, 4) is 0 Å². The Balaban J connectivity index is 0. The molecule has 0 aliphatic heterocycles. The van der Waals surface area contributed by atoms with Crippen LogP contribution in [0.25, 0.3) is 0 Å². The summed E-state index contributed by atoms with van der Waals surface area (Å²) < 4.78 is 0. The molecule has 8 heavy (non-hydrogen) atoms. The summed E-state index contributed by atoms with van der Waals surface area (Å²) in [6.07, 6.45) is 0.625. The van der Waals surface area contributed by atoms with Gasteiger partial charge in [0.05, 0.1) is 0 Å². The van der Waals surface area contributed by atoms with Crippen molar-refractivity contribution in [3.63, 3.8) is 0 Å². The highest BCUT2D eigenvalue weighted by molar-refractivity contribution is 4.28. The molecule has 0 heterocycles. The van der Waals surface area contributed by atoms with Crippen molar-refractivity contribution in [3.05, 3.63) is 6.92 Å². The van der Waals surface area contributed by atoms with Gasteiger partial charge in [0.15, 0.2) is 0 Å². The SMILES string of the molecule is CN(C)C.[CH2]CCO. The van der Waals surface area contributed by atoms with Crippen molar-refractivity contribution < 1.29 is 5.11 Å². The second kappa shape index (κ2) is 10.0. The highest BCUT2D eigenvalue weighted by atomic mass is 16.2. The van der Waals surface area contributed by atoms with E-state index in [1.54, 1.807) is 0 Å². The first-order valence-electron chi connectivity index (χ1n) is 2.66. The Morgan fingerprint density at radius 1 is 1.38 bits per heavy atom. The molecule has 0 saturated carbocycles. The highest BCUT2D eigenvalue weighted by Crippen LogP contribution is 1.60. The number of hydrogen-bond donors (Lipinski definition) is 1. The van der Waals surface area contributed by atoms with Gasteiger partial charge in [0.1, 0.15) is 0 Å². The van der Waals surface area contributed by atoms with Crippen molar-refractivity contribution in [1.82, 2.24) is 4.90 Å². The smallest absolute Gasteiger partial charge is 0.0431 e. The number of rotatable bonds is 1. The molecule has 1 radical (unpaired) electrons. The Bertz CT molecular complexity index is 25.0. The van der Waals surface area contributed by atoms with Crippen LogP contribution >= 0.6 is 0 Å². The van der Waals surface area contributed by atoms with Crippen LogP contribution in [0, 0.1) is 6.92 Å². The van der Waals surface area contributed by atoms with Gasteiger partial charge in [-0.2, -0.15) is 0 Å². The minimum Gasteiger partial charge on any atom is -0.396 e. The van der Waals surface area contributed by atoms with Gasteiger partial charge in [-0.15, -0.1) is 0 Å². The molecule has 0 aromatic rings. The molecule has 0 amide bonds. The average molecular weight is 118 g/mol. The fourth-order valence-corrected chi connectivity index (χ4v) is 0. The molecule has 0 bridgehead atoms. The maximum absolute atomic E-state index is 7.81. The predicted octanol–water partition coefficient (Wildman–Crippen LogP) is 0.381. The lowest BCUT2D eigenvalue weighted by Gasteiger charge is -1.90. The van der Waals surface area contributed by atoms with Gasteiger partial charge in [0, 0.05) is 6.61 Å². The van der Waals surface area contributed by atoms with Crippen LogP contribution in [-0.2, 0) is 0 Å². The zero-order chi connectivity index (χ0) is 6.99. The maximum Gasteiger partial charge on any atom is 0.0431 e. The fraction of sp³-hybridized carbons (Fsp3) is 0.833. The van der Waals surface area contributed by atoms with Gasteiger partial charge in [-0.25, -0.2) is 0 Å². The molecule has 51 valence electrons. The molecule has 0 aliphatic carbocycles. The van der Waals surface area contributed by atoms with Crippen molar-refractivity contribution in [2.75, 3.05) is 27.7 Å². The van der Waals surface area contributed by atoms with Crippen molar-refractivity contribution in [1.29, 1.82) is 0 Å². The summed E-state index contributed by atoms with van der Waals surface area (Å²) in [6, 6.07) is 0. The van der Waals surface area contributed by atoms with Crippen molar-refractivity contribution in [2.24, 2.45) is 0 Å². The Hall–Kier alpha value is -0.0800. The first-order valence-corrected chi connectivity index (χ1v) is 2.66. The molecule has 0 aromatic heterocycles. The Labute approximate surface area is 52.1 Å². The summed E-state index contributed by atoms with van der Waals surface area (Å²) in [5.74, 6) is 0. The molecule has 1 N–H and O–H groups in total. The third-order valence-electron chi connectivity index (χ3n) is 0.158. The first-order chi connectivity index (χ1) is 3.65. The van der Waals surface area contributed by atoms with E-state index in [0.717, 1.165) is 0 Å². The quantitative estimate of drug-likeness (QED) is 0.538. The maximum atomic E-state index is 7.81. The molecule has 0 rings (SSSR count). The Morgan fingerprint density at radius 2 is 1.50 bits per heavy atom. The van der Waals surface area contributed by atoms with E-state index in [1.807, 2.05) is 26.0 Å². The van der Waals surface area contributed by atoms with Crippen LogP contribution in [0.15, 0.2) is 0 Å². The van der Waals surface area contributed by atoms with E-state index in [0.29, 0.717) is 6.42 Å². The zero-order valence-electron chi connectivity index (χ0n) is 6.02. The standard InChI is InChI=1S/C3H9N.C3H7O/c1-4(2)3;1-2-3-4/h1-3H3;4H,1-3H2. The summed E-state index contributed by atoms with van der Waals surface area (Å²) >= 11 is 0. The first kappa shape index (κ1) is 10.8. The average Bonchev–Trinajstić information content (AvgIpc) is 1.65. The van der Waals surface area contributed by atoms with Gasteiger partial charge >= 0.3 is 0 Å². The fourth-order valence-electron chi connectivity index (χ4n) is 0. The molecule has 2 nitrogen and oxygen atoms in total. The third kappa shape index (κ3) is 169. The van der Waals surface area contributed by atoms with E-state index in [-0.39, 0.29) is 6.61 Å². The van der Waals surface area contributed by atoms with Gasteiger partial charge in [0.25, 0.3) is 0 Å². The second-order valence-corrected chi connectivity index (χ2v) is 1.92. The van der Waals surface area contributed by atoms with Gasteiger partial charge in [0.2, 0.25) is 0 Å². The van der Waals surface area contributed by atoms with Gasteiger partial charge in [-0.3, -0.25) is 0 Å². The van der Waals surface area contributed by atoms with Crippen LogP contribution in [0.5, 0.6) is 0 Å². The number of aliphatic hydroxyl groups excluding tert-OH is 1. The van der Waals surface area contributed by atoms with Crippen LogP contribution in [0.4, 0.5) is 0 Å². The summed E-state index contributed by atoms with van der Waals surface area (Å²) in [4.78, 5) is 2.00. The number of hydrogen-bond acceptors (Lipinski definition) is 2. The molecule has 0 atom stereocenters. The normalized spacial score (nSPS) is 8.25. The topological polar surface area (TPSA) is 23.5 Å². The van der Waals surface area contributed by atoms with Gasteiger partial charge < -0.3 is 10.0 Å². The van der Waals surface area contributed by atoms with E-state index in [2.05, 4.69) is 6.92 Å². The van der Waals surface area contributed by atoms with Crippen molar-refractivity contribution in [2.45, 2.75) is 6.42 Å². The Morgan fingerprint density at radius 3 is 1.50 bits per heavy atom. The molecule has 0 aliphatic rings. The molecule has 0 spiro atoms. The zero-order valence-corrected chi connectivity index (χ0v) is 6.02. The minimum atomic E-state index is 0.208. The van der Waals surface area contributed by atoms with Crippen LogP contribution in [-0.4, -0.2) is 37.8 Å². The summed E-state index contributed by atoms with van der Waals surface area (Å²) in [5, 5.41) is 7.81.